The summed E-state index contributed by atoms with van der Waals surface area (Å²) >= 11 is 1.46. The van der Waals surface area contributed by atoms with E-state index in [1.165, 1.54) is 34.8 Å². The molecule has 0 saturated heterocycles. The van der Waals surface area contributed by atoms with Gasteiger partial charge in [-0.2, -0.15) is 13.9 Å². The summed E-state index contributed by atoms with van der Waals surface area (Å²) in [6.45, 7) is 4.28. The molecular weight excluding hydrogens is 420 g/mol. The maximum atomic E-state index is 12.9. The highest BCUT2D eigenvalue weighted by atomic mass is 32.2. The zero-order valence-corrected chi connectivity index (χ0v) is 17.8. The van der Waals surface area contributed by atoms with Crippen LogP contribution in [0.15, 0.2) is 29.3 Å². The van der Waals surface area contributed by atoms with Gasteiger partial charge in [0.05, 0.1) is 16.9 Å². The van der Waals surface area contributed by atoms with E-state index in [-0.39, 0.29) is 40.9 Å². The third kappa shape index (κ3) is 6.41. The number of aromatic nitrogens is 2. The van der Waals surface area contributed by atoms with Crippen LogP contribution in [0.2, 0.25) is 0 Å². The number of carbonyl (C=O) groups is 1. The van der Waals surface area contributed by atoms with Crippen molar-refractivity contribution in [2.45, 2.75) is 57.4 Å². The molecule has 0 aliphatic heterocycles. The van der Waals surface area contributed by atoms with Gasteiger partial charge in [0.15, 0.2) is 5.69 Å². The predicted molar refractivity (Wildman–Crippen MR) is 108 cm³/mol. The van der Waals surface area contributed by atoms with Crippen molar-refractivity contribution >= 4 is 23.4 Å². The summed E-state index contributed by atoms with van der Waals surface area (Å²) in [5, 5.41) is 25.1. The van der Waals surface area contributed by atoms with Crippen molar-refractivity contribution in [2.24, 2.45) is 5.41 Å². The summed E-state index contributed by atoms with van der Waals surface area (Å²) in [6.07, 6.45) is 1.00. The lowest BCUT2D eigenvalue weighted by atomic mass is 9.89. The maximum absolute atomic E-state index is 12.9. The molecule has 0 radical (unpaired) electrons. The highest BCUT2D eigenvalue weighted by Gasteiger charge is 2.29. The van der Waals surface area contributed by atoms with Crippen LogP contribution in [0, 0.1) is 15.5 Å². The van der Waals surface area contributed by atoms with Gasteiger partial charge in [0.2, 0.25) is 0 Å². The van der Waals surface area contributed by atoms with Gasteiger partial charge in [-0.15, -0.1) is 11.8 Å². The molecule has 2 aromatic rings. The van der Waals surface area contributed by atoms with Gasteiger partial charge in [-0.05, 0) is 23.6 Å². The fraction of sp³-hybridized carbons (Fsp3) is 0.474. The molecule has 0 unspecified atom stereocenters. The lowest BCUT2D eigenvalue weighted by molar-refractivity contribution is -0.384. The molecule has 30 heavy (non-hydrogen) atoms. The molecule has 0 bridgehead atoms. The molecule has 0 saturated carbocycles. The van der Waals surface area contributed by atoms with Crippen molar-refractivity contribution in [2.75, 3.05) is 0 Å². The Bertz CT molecular complexity index is 931. The molecule has 8 nitrogen and oxygen atoms in total. The van der Waals surface area contributed by atoms with Crippen LogP contribution in [0.5, 0.6) is 5.75 Å². The Morgan fingerprint density at radius 2 is 2.07 bits per heavy atom. The van der Waals surface area contributed by atoms with Crippen LogP contribution in [0.3, 0.4) is 0 Å². The number of carboxylic acid groups (broad SMARTS) is 1. The molecule has 2 rings (SSSR count). The standard InChI is InChI=1S/C19H23F2N3O5S/c1-11(2)30-12-5-6-15(29-18(20)21)13(7-12)17-14(24(27)28)9-23(22-17)10-19(3,4)8-16(25)26/h5-7,9,11,18H,8,10H2,1-4H3,(H,25,26). The summed E-state index contributed by atoms with van der Waals surface area (Å²) in [4.78, 5) is 22.7. The van der Waals surface area contributed by atoms with Crippen LogP contribution in [0.25, 0.3) is 11.3 Å². The van der Waals surface area contributed by atoms with Crippen molar-refractivity contribution in [3.63, 3.8) is 0 Å². The molecule has 1 aromatic carbocycles. The van der Waals surface area contributed by atoms with Gasteiger partial charge in [-0.25, -0.2) is 0 Å². The van der Waals surface area contributed by atoms with E-state index in [1.807, 2.05) is 13.8 Å². The van der Waals surface area contributed by atoms with Crippen LogP contribution in [-0.4, -0.2) is 37.6 Å². The van der Waals surface area contributed by atoms with Crippen LogP contribution in [-0.2, 0) is 11.3 Å². The molecule has 0 spiro atoms. The molecule has 1 heterocycles. The first kappa shape index (κ1) is 23.6. The first-order valence-corrected chi connectivity index (χ1v) is 9.95. The smallest absolute Gasteiger partial charge is 0.387 e. The van der Waals surface area contributed by atoms with Crippen molar-refractivity contribution in [1.29, 1.82) is 0 Å². The molecule has 0 atom stereocenters. The van der Waals surface area contributed by atoms with E-state index in [0.29, 0.717) is 0 Å². The average Bonchev–Trinajstić information content (AvgIpc) is 2.97. The molecule has 0 amide bonds. The number of thioether (sulfide) groups is 1. The molecule has 0 fully saturated rings. The number of rotatable bonds is 10. The number of halogens is 2. The SMILES string of the molecule is CC(C)Sc1ccc(OC(F)F)c(-c2nn(CC(C)(C)CC(=O)O)cc2[N+](=O)[O-])c1. The van der Waals surface area contributed by atoms with Crippen molar-refractivity contribution < 1.29 is 28.3 Å². The third-order valence-electron chi connectivity index (χ3n) is 3.95. The highest BCUT2D eigenvalue weighted by Crippen LogP contribution is 2.39. The highest BCUT2D eigenvalue weighted by molar-refractivity contribution is 7.99. The van der Waals surface area contributed by atoms with Crippen molar-refractivity contribution in [3.05, 3.63) is 34.5 Å². The monoisotopic (exact) mass is 443 g/mol. The Balaban J connectivity index is 2.56. The minimum absolute atomic E-state index is 0.0717. The van der Waals surface area contributed by atoms with E-state index in [4.69, 9.17) is 5.11 Å². The third-order valence-corrected chi connectivity index (χ3v) is 4.95. The summed E-state index contributed by atoms with van der Waals surface area (Å²) in [5.41, 5.74) is -1.16. The lowest BCUT2D eigenvalue weighted by Gasteiger charge is -2.21. The van der Waals surface area contributed by atoms with Gasteiger partial charge in [-0.3, -0.25) is 19.6 Å². The van der Waals surface area contributed by atoms with Gasteiger partial charge >= 0.3 is 18.3 Å². The van der Waals surface area contributed by atoms with E-state index in [9.17, 15) is 23.7 Å². The molecule has 11 heteroatoms. The van der Waals surface area contributed by atoms with E-state index < -0.39 is 22.9 Å². The minimum Gasteiger partial charge on any atom is -0.481 e. The van der Waals surface area contributed by atoms with Gasteiger partial charge in [0.1, 0.15) is 11.9 Å². The van der Waals surface area contributed by atoms with Gasteiger partial charge in [-0.1, -0.05) is 27.7 Å². The number of hydrogen-bond acceptors (Lipinski definition) is 6. The van der Waals surface area contributed by atoms with Crippen LogP contribution in [0.1, 0.15) is 34.1 Å². The summed E-state index contributed by atoms with van der Waals surface area (Å²) in [6, 6.07) is 4.47. The van der Waals surface area contributed by atoms with Crippen LogP contribution < -0.4 is 4.74 Å². The number of hydrogen-bond donors (Lipinski definition) is 1. The van der Waals surface area contributed by atoms with Gasteiger partial charge in [0.25, 0.3) is 0 Å². The Hall–Kier alpha value is -2.69. The Labute approximate surface area is 176 Å². The number of ether oxygens (including phenoxy) is 1. The molecule has 1 aromatic heterocycles. The van der Waals surface area contributed by atoms with E-state index in [0.717, 1.165) is 4.90 Å². The van der Waals surface area contributed by atoms with Crippen molar-refractivity contribution in [3.8, 4) is 17.0 Å². The van der Waals surface area contributed by atoms with Crippen molar-refractivity contribution in [1.82, 2.24) is 9.78 Å². The normalized spacial score (nSPS) is 11.9. The second-order valence-electron chi connectivity index (χ2n) is 7.76. The maximum Gasteiger partial charge on any atom is 0.387 e. The molecule has 0 aliphatic carbocycles. The number of nitro groups is 1. The minimum atomic E-state index is -3.11. The van der Waals surface area contributed by atoms with E-state index in [2.05, 4.69) is 9.84 Å². The Morgan fingerprint density at radius 3 is 2.60 bits per heavy atom. The molecule has 164 valence electrons. The molecule has 0 aliphatic rings. The summed E-state index contributed by atoms with van der Waals surface area (Å²) in [7, 11) is 0. The van der Waals surface area contributed by atoms with E-state index >= 15 is 0 Å². The number of aliphatic carboxylic acids is 1. The average molecular weight is 443 g/mol. The van der Waals surface area contributed by atoms with Crippen LogP contribution in [0.4, 0.5) is 14.5 Å². The first-order chi connectivity index (χ1) is 13.9. The molecule has 1 N–H and O–H groups in total. The fourth-order valence-electron chi connectivity index (χ4n) is 2.96. The second kappa shape index (κ2) is 9.41. The van der Waals surface area contributed by atoms with Gasteiger partial charge in [0, 0.05) is 16.7 Å². The zero-order valence-electron chi connectivity index (χ0n) is 17.0. The number of carboxylic acids is 1. The number of benzene rings is 1. The topological polar surface area (TPSA) is 107 Å². The summed E-state index contributed by atoms with van der Waals surface area (Å²) in [5.74, 6) is -1.23. The zero-order chi connectivity index (χ0) is 22.6. The van der Waals surface area contributed by atoms with Crippen LogP contribution >= 0.6 is 11.8 Å². The first-order valence-electron chi connectivity index (χ1n) is 9.07. The number of alkyl halides is 2. The lowest BCUT2D eigenvalue weighted by Crippen LogP contribution is -2.23. The Morgan fingerprint density at radius 1 is 1.40 bits per heavy atom. The molecular formula is C19H23F2N3O5S. The summed E-state index contributed by atoms with van der Waals surface area (Å²) < 4.78 is 31.6. The van der Waals surface area contributed by atoms with Gasteiger partial charge < -0.3 is 9.84 Å². The fourth-order valence-corrected chi connectivity index (χ4v) is 3.84. The number of nitrogens with zero attached hydrogens (tertiary/aromatic N) is 3. The predicted octanol–water partition coefficient (Wildman–Crippen LogP) is 5.06. The Kier molecular flexibility index (Phi) is 7.40. The van der Waals surface area contributed by atoms with E-state index in [1.54, 1.807) is 19.9 Å². The largest absolute Gasteiger partial charge is 0.481 e. The second-order valence-corrected chi connectivity index (χ2v) is 9.41. The quantitative estimate of drug-likeness (QED) is 0.311.